The first-order valence-electron chi connectivity index (χ1n) is 10.7. The number of carbonyl (C=O) groups is 1. The van der Waals surface area contributed by atoms with Crippen molar-refractivity contribution in [3.63, 3.8) is 0 Å². The van der Waals surface area contributed by atoms with E-state index in [1.807, 2.05) is 13.8 Å². The first kappa shape index (κ1) is 28.4. The maximum absolute atomic E-state index is 15.1. The van der Waals surface area contributed by atoms with Crippen molar-refractivity contribution in [1.82, 2.24) is 0 Å². The molecule has 0 atom stereocenters. The molecule has 0 aliphatic heterocycles. The second-order valence-corrected chi connectivity index (χ2v) is 8.85. The lowest BCUT2D eigenvalue weighted by atomic mass is 10.1. The van der Waals surface area contributed by atoms with E-state index in [0.29, 0.717) is 18.1 Å². The molecule has 1 saturated carbocycles. The van der Waals surface area contributed by atoms with Gasteiger partial charge < -0.3 is 9.46 Å². The zero-order chi connectivity index (χ0) is 26.6. The molecule has 0 aromatic heterocycles. The number of nitrogens with one attached hydrogen (secondary N) is 1. The maximum Gasteiger partial charge on any atom is 0.472 e. The van der Waals surface area contributed by atoms with E-state index in [0.717, 1.165) is 44.0 Å². The Balaban J connectivity index is 0.00000210. The van der Waals surface area contributed by atoms with Crippen LogP contribution in [-0.4, -0.2) is 23.9 Å². The second kappa shape index (κ2) is 11.3. The minimum absolute atomic E-state index is 0.217. The average Bonchev–Trinajstić information content (AvgIpc) is 3.57. The Bertz CT molecular complexity index is 1090. The van der Waals surface area contributed by atoms with E-state index in [9.17, 15) is 26.7 Å². The normalized spacial score (nSPS) is 13.9. The van der Waals surface area contributed by atoms with Crippen LogP contribution >= 0.6 is 11.9 Å². The van der Waals surface area contributed by atoms with Crippen LogP contribution in [0, 0.1) is 24.4 Å². The summed E-state index contributed by atoms with van der Waals surface area (Å²) in [5.41, 5.74) is -2.12. The number of ether oxygens (including phenoxy) is 1. The van der Waals surface area contributed by atoms with Gasteiger partial charge in [-0.15, -0.1) is 6.58 Å². The molecular weight excluding hydrogens is 494 g/mol. The summed E-state index contributed by atoms with van der Waals surface area (Å²) in [5.74, 6) is -7.53. The van der Waals surface area contributed by atoms with Gasteiger partial charge in [-0.2, -0.15) is 13.2 Å². The Morgan fingerprint density at radius 3 is 2.31 bits per heavy atom. The molecule has 3 rings (SSSR count). The fourth-order valence-corrected chi connectivity index (χ4v) is 4.24. The lowest BCUT2D eigenvalue weighted by molar-refractivity contribution is -0.169. The highest BCUT2D eigenvalue weighted by Crippen LogP contribution is 2.53. The Morgan fingerprint density at radius 2 is 1.83 bits per heavy atom. The number of anilines is 3. The van der Waals surface area contributed by atoms with Gasteiger partial charge in [0.2, 0.25) is 0 Å². The number of aryl methyl sites for hydroxylation is 1. The summed E-state index contributed by atoms with van der Waals surface area (Å²) in [5, 5.41) is 0. The van der Waals surface area contributed by atoms with Gasteiger partial charge in [-0.25, -0.2) is 13.2 Å². The Labute approximate surface area is 204 Å². The zero-order valence-corrected chi connectivity index (χ0v) is 20.5. The summed E-state index contributed by atoms with van der Waals surface area (Å²) in [6, 6.07) is 3.65. The largest absolute Gasteiger partial charge is 0.494 e. The van der Waals surface area contributed by atoms with Gasteiger partial charge >= 0.3 is 12.1 Å². The van der Waals surface area contributed by atoms with Crippen molar-refractivity contribution in [1.29, 1.82) is 0 Å². The van der Waals surface area contributed by atoms with Crippen LogP contribution in [0.2, 0.25) is 0 Å². The zero-order valence-electron chi connectivity index (χ0n) is 19.7. The van der Waals surface area contributed by atoms with Gasteiger partial charge in [0, 0.05) is 10.8 Å². The highest BCUT2D eigenvalue weighted by molar-refractivity contribution is 8.02. The molecule has 1 amide bonds. The third-order valence-electron chi connectivity index (χ3n) is 5.09. The third kappa shape index (κ3) is 6.25. The Kier molecular flexibility index (Phi) is 9.16. The Hall–Kier alpha value is -2.82. The molecule has 1 fully saturated rings. The monoisotopic (exact) mass is 520 g/mol. The highest BCUT2D eigenvalue weighted by Gasteiger charge is 2.47. The topological polar surface area (TPSA) is 41.6 Å². The van der Waals surface area contributed by atoms with Crippen molar-refractivity contribution in [2.75, 3.05) is 16.7 Å². The summed E-state index contributed by atoms with van der Waals surface area (Å²) in [6.07, 6.45) is -1.82. The molecule has 192 valence electrons. The van der Waals surface area contributed by atoms with Crippen molar-refractivity contribution in [2.45, 2.75) is 51.0 Å². The number of benzene rings is 2. The summed E-state index contributed by atoms with van der Waals surface area (Å²) >= 11 is 1.06. The molecule has 1 N–H and O–H groups in total. The minimum Gasteiger partial charge on any atom is -0.494 e. The molecule has 1 aliphatic carbocycles. The fourth-order valence-electron chi connectivity index (χ4n) is 3.22. The highest BCUT2D eigenvalue weighted by atomic mass is 32.2. The maximum atomic E-state index is 15.1. The molecule has 0 unspecified atom stereocenters. The lowest BCUT2D eigenvalue weighted by Crippen LogP contribution is -2.39. The van der Waals surface area contributed by atoms with Gasteiger partial charge in [0.05, 0.1) is 12.8 Å². The first-order valence-corrected chi connectivity index (χ1v) is 11.5. The van der Waals surface area contributed by atoms with Crippen LogP contribution < -0.4 is 14.4 Å². The van der Waals surface area contributed by atoms with Crippen molar-refractivity contribution in [3.8, 4) is 5.75 Å². The second-order valence-electron chi connectivity index (χ2n) is 7.57. The van der Waals surface area contributed by atoms with Crippen molar-refractivity contribution < 1.29 is 35.9 Å². The number of amides is 1. The van der Waals surface area contributed by atoms with E-state index in [4.69, 9.17) is 4.74 Å². The third-order valence-corrected chi connectivity index (χ3v) is 6.40. The van der Waals surface area contributed by atoms with Crippen molar-refractivity contribution in [3.05, 3.63) is 59.9 Å². The van der Waals surface area contributed by atoms with E-state index >= 15 is 4.39 Å². The molecular formula is C24H26F6N2O2S. The number of hydrogen-bond donors (Lipinski definition) is 1. The van der Waals surface area contributed by atoms with Gasteiger partial charge in [-0.1, -0.05) is 26.0 Å². The summed E-state index contributed by atoms with van der Waals surface area (Å²) < 4.78 is 92.2. The predicted octanol–water partition coefficient (Wildman–Crippen LogP) is 7.84. The van der Waals surface area contributed by atoms with Gasteiger partial charge in [0.1, 0.15) is 22.9 Å². The van der Waals surface area contributed by atoms with Crippen molar-refractivity contribution in [2.24, 2.45) is 0 Å². The van der Waals surface area contributed by atoms with E-state index in [1.54, 1.807) is 6.08 Å². The van der Waals surface area contributed by atoms with Crippen LogP contribution in [0.1, 0.15) is 38.7 Å². The number of carbonyl (C=O) groups excluding carboxylic acids is 1. The summed E-state index contributed by atoms with van der Waals surface area (Å²) in [4.78, 5) is 12.2. The SMILES string of the molecule is C=CCC1(SNc2c(OC)cc(F)c(F)c2N(C(=O)C(F)(F)F)c2ccc(C)cc2F)CC1.CC. The minimum atomic E-state index is -5.52. The number of halogens is 6. The number of rotatable bonds is 8. The average molecular weight is 521 g/mol. The van der Waals surface area contributed by atoms with Crippen molar-refractivity contribution >= 4 is 34.9 Å². The van der Waals surface area contributed by atoms with Gasteiger partial charge in [-0.3, -0.25) is 9.69 Å². The van der Waals surface area contributed by atoms with E-state index in [1.165, 1.54) is 13.0 Å². The van der Waals surface area contributed by atoms with Crippen LogP contribution in [0.4, 0.5) is 43.4 Å². The van der Waals surface area contributed by atoms with Crippen LogP contribution in [0.25, 0.3) is 0 Å². The number of hydrogen-bond acceptors (Lipinski definition) is 4. The Morgan fingerprint density at radius 1 is 1.20 bits per heavy atom. The molecule has 1 aliphatic rings. The summed E-state index contributed by atoms with van der Waals surface area (Å²) in [6.45, 7) is 9.14. The molecule has 0 saturated heterocycles. The van der Waals surface area contributed by atoms with Crippen LogP contribution in [0.5, 0.6) is 5.75 Å². The molecule has 0 radical (unpaired) electrons. The van der Waals surface area contributed by atoms with Gasteiger partial charge in [0.25, 0.3) is 0 Å². The standard InChI is InChI=1S/C22H20F6N2O2S.C2H6/c1-4-7-21(8-9-21)33-29-18-16(32-3)11-14(24)17(25)19(18)30(20(31)22(26,27)28)15-6-5-12(2)10-13(15)23;1-2/h4-6,10-11,29H,1,7-9H2,2-3H3;1-2H3. The molecule has 2 aromatic rings. The molecule has 2 aromatic carbocycles. The smallest absolute Gasteiger partial charge is 0.472 e. The lowest BCUT2D eigenvalue weighted by Gasteiger charge is -2.28. The molecule has 0 spiro atoms. The molecule has 11 heteroatoms. The first-order chi connectivity index (χ1) is 16.4. The van der Waals surface area contributed by atoms with Crippen LogP contribution in [-0.2, 0) is 4.79 Å². The van der Waals surface area contributed by atoms with E-state index < -0.39 is 46.6 Å². The number of nitrogens with zero attached hydrogens (tertiary/aromatic N) is 1. The predicted molar refractivity (Wildman–Crippen MR) is 127 cm³/mol. The molecule has 35 heavy (non-hydrogen) atoms. The van der Waals surface area contributed by atoms with E-state index in [2.05, 4.69) is 11.3 Å². The quantitative estimate of drug-likeness (QED) is 0.219. The van der Waals surface area contributed by atoms with Gasteiger partial charge in [-0.05, 0) is 55.8 Å². The number of allylic oxidation sites excluding steroid dienone is 1. The van der Waals surface area contributed by atoms with Crippen LogP contribution in [0.15, 0.2) is 36.9 Å². The van der Waals surface area contributed by atoms with E-state index in [-0.39, 0.29) is 15.4 Å². The number of methoxy groups -OCH3 is 1. The molecule has 0 heterocycles. The number of alkyl halides is 3. The summed E-state index contributed by atoms with van der Waals surface area (Å²) in [7, 11) is 1.10. The fraction of sp³-hybridized carbons (Fsp3) is 0.375. The molecule has 4 nitrogen and oxygen atoms in total. The van der Waals surface area contributed by atoms with Crippen LogP contribution in [0.3, 0.4) is 0 Å². The van der Waals surface area contributed by atoms with Gasteiger partial charge in [0.15, 0.2) is 11.6 Å². The molecule has 0 bridgehead atoms.